The third kappa shape index (κ3) is 3.39. The van der Waals surface area contributed by atoms with Gasteiger partial charge in [-0.05, 0) is 24.1 Å². The van der Waals surface area contributed by atoms with Crippen molar-refractivity contribution in [3.8, 4) is 11.5 Å². The molecule has 0 saturated carbocycles. The summed E-state index contributed by atoms with van der Waals surface area (Å²) in [6.45, 7) is 3.38. The van der Waals surface area contributed by atoms with Crippen LogP contribution in [0.25, 0.3) is 0 Å². The number of hydrogen-bond donors (Lipinski definition) is 1. The zero-order chi connectivity index (χ0) is 12.8. The van der Waals surface area contributed by atoms with Crippen LogP contribution in [0.3, 0.4) is 0 Å². The highest BCUT2D eigenvalue weighted by atomic mass is 16.6. The molecule has 0 fully saturated rings. The third-order valence-electron chi connectivity index (χ3n) is 3.28. The van der Waals surface area contributed by atoms with Crippen molar-refractivity contribution in [2.75, 3.05) is 13.2 Å². The molecule has 1 aromatic carbocycles. The Balaban J connectivity index is 1.91. The summed E-state index contributed by atoms with van der Waals surface area (Å²) in [6.07, 6.45) is 5.16. The first-order valence-electron chi connectivity index (χ1n) is 6.89. The van der Waals surface area contributed by atoms with Crippen LogP contribution in [0, 0.1) is 0 Å². The first kappa shape index (κ1) is 13.2. The molecule has 100 valence electrons. The molecule has 0 spiro atoms. The molecule has 18 heavy (non-hydrogen) atoms. The molecule has 1 unspecified atom stereocenters. The molecule has 0 radical (unpaired) electrons. The Morgan fingerprint density at radius 1 is 1.11 bits per heavy atom. The fourth-order valence-electron chi connectivity index (χ4n) is 2.20. The Kier molecular flexibility index (Phi) is 4.88. The standard InChI is InChI=1S/C15H22O3/c1-2-3-4-5-6-13(16)12-7-8-14-15(11-12)18-10-9-17-14/h7-8,11,13,16H,2-6,9-10H2,1H3. The van der Waals surface area contributed by atoms with Crippen LogP contribution >= 0.6 is 0 Å². The van der Waals surface area contributed by atoms with Gasteiger partial charge in [-0.1, -0.05) is 38.7 Å². The van der Waals surface area contributed by atoms with Gasteiger partial charge in [-0.2, -0.15) is 0 Å². The van der Waals surface area contributed by atoms with Crippen LogP contribution in [0.4, 0.5) is 0 Å². The van der Waals surface area contributed by atoms with Gasteiger partial charge in [0.25, 0.3) is 0 Å². The fraction of sp³-hybridized carbons (Fsp3) is 0.600. The minimum absolute atomic E-state index is 0.391. The van der Waals surface area contributed by atoms with Crippen molar-refractivity contribution < 1.29 is 14.6 Å². The highest BCUT2D eigenvalue weighted by Gasteiger charge is 2.15. The Labute approximate surface area is 109 Å². The van der Waals surface area contributed by atoms with Crippen LogP contribution in [0.1, 0.15) is 50.7 Å². The summed E-state index contributed by atoms with van der Waals surface area (Å²) in [5.41, 5.74) is 0.927. The second-order valence-corrected chi connectivity index (χ2v) is 4.77. The van der Waals surface area contributed by atoms with E-state index in [1.165, 1.54) is 19.3 Å². The van der Waals surface area contributed by atoms with Crippen molar-refractivity contribution in [2.45, 2.75) is 45.1 Å². The van der Waals surface area contributed by atoms with Crippen molar-refractivity contribution >= 4 is 0 Å². The molecule has 0 aliphatic carbocycles. The van der Waals surface area contributed by atoms with Crippen LogP contribution in [0.15, 0.2) is 18.2 Å². The number of aliphatic hydroxyl groups is 1. The van der Waals surface area contributed by atoms with Gasteiger partial charge < -0.3 is 14.6 Å². The molecule has 0 amide bonds. The molecule has 1 aliphatic heterocycles. The quantitative estimate of drug-likeness (QED) is 0.786. The molecule has 0 bridgehead atoms. The molecule has 1 aliphatic rings. The smallest absolute Gasteiger partial charge is 0.161 e. The minimum atomic E-state index is -0.391. The number of benzene rings is 1. The van der Waals surface area contributed by atoms with E-state index in [4.69, 9.17) is 9.47 Å². The van der Waals surface area contributed by atoms with Gasteiger partial charge in [-0.15, -0.1) is 0 Å². The van der Waals surface area contributed by atoms with E-state index < -0.39 is 6.10 Å². The van der Waals surface area contributed by atoms with Gasteiger partial charge >= 0.3 is 0 Å². The predicted octanol–water partition coefficient (Wildman–Crippen LogP) is 3.46. The van der Waals surface area contributed by atoms with Gasteiger partial charge in [0.2, 0.25) is 0 Å². The van der Waals surface area contributed by atoms with E-state index in [2.05, 4.69) is 6.92 Å². The second kappa shape index (κ2) is 6.64. The van der Waals surface area contributed by atoms with Crippen LogP contribution in [-0.4, -0.2) is 18.3 Å². The third-order valence-corrected chi connectivity index (χ3v) is 3.28. The van der Waals surface area contributed by atoms with Gasteiger partial charge in [0.1, 0.15) is 13.2 Å². The van der Waals surface area contributed by atoms with Crippen molar-refractivity contribution in [3.05, 3.63) is 23.8 Å². The summed E-state index contributed by atoms with van der Waals surface area (Å²) < 4.78 is 11.0. The maximum Gasteiger partial charge on any atom is 0.161 e. The van der Waals surface area contributed by atoms with E-state index in [1.807, 2.05) is 18.2 Å². The zero-order valence-corrected chi connectivity index (χ0v) is 11.0. The summed E-state index contributed by atoms with van der Waals surface area (Å²) in [4.78, 5) is 0. The normalized spacial score (nSPS) is 15.4. The monoisotopic (exact) mass is 250 g/mol. The summed E-state index contributed by atoms with van der Waals surface area (Å²) >= 11 is 0. The lowest BCUT2D eigenvalue weighted by molar-refractivity contribution is 0.157. The van der Waals surface area contributed by atoms with Crippen LogP contribution < -0.4 is 9.47 Å². The topological polar surface area (TPSA) is 38.7 Å². The molecule has 1 aromatic rings. The van der Waals surface area contributed by atoms with Gasteiger partial charge in [0.15, 0.2) is 11.5 Å². The van der Waals surface area contributed by atoms with Crippen molar-refractivity contribution in [3.63, 3.8) is 0 Å². The average Bonchev–Trinajstić information content (AvgIpc) is 2.43. The minimum Gasteiger partial charge on any atom is -0.486 e. The summed E-state index contributed by atoms with van der Waals surface area (Å²) in [6, 6.07) is 5.72. The molecule has 2 rings (SSSR count). The Morgan fingerprint density at radius 3 is 2.67 bits per heavy atom. The number of ether oxygens (including phenoxy) is 2. The molecule has 1 N–H and O–H groups in total. The number of unbranched alkanes of at least 4 members (excludes halogenated alkanes) is 3. The maximum atomic E-state index is 10.1. The first-order valence-corrected chi connectivity index (χ1v) is 6.89. The van der Waals surface area contributed by atoms with E-state index >= 15 is 0 Å². The lowest BCUT2D eigenvalue weighted by atomic mass is 10.0. The Hall–Kier alpha value is -1.22. The largest absolute Gasteiger partial charge is 0.486 e. The molecular weight excluding hydrogens is 228 g/mol. The zero-order valence-electron chi connectivity index (χ0n) is 11.0. The SMILES string of the molecule is CCCCCCC(O)c1ccc2c(c1)OCCO2. The second-order valence-electron chi connectivity index (χ2n) is 4.77. The highest BCUT2D eigenvalue weighted by molar-refractivity contribution is 5.44. The summed E-state index contributed by atoms with van der Waals surface area (Å²) in [5, 5.41) is 10.1. The number of rotatable bonds is 6. The van der Waals surface area contributed by atoms with Gasteiger partial charge in [-0.3, -0.25) is 0 Å². The number of fused-ring (bicyclic) bond motifs is 1. The van der Waals surface area contributed by atoms with Crippen molar-refractivity contribution in [1.82, 2.24) is 0 Å². The Bertz CT molecular complexity index is 376. The highest BCUT2D eigenvalue weighted by Crippen LogP contribution is 2.33. The average molecular weight is 250 g/mol. The number of aliphatic hydroxyl groups excluding tert-OH is 1. The maximum absolute atomic E-state index is 10.1. The summed E-state index contributed by atoms with van der Waals surface area (Å²) in [5.74, 6) is 1.54. The van der Waals surface area contributed by atoms with E-state index in [9.17, 15) is 5.11 Å². The van der Waals surface area contributed by atoms with Gasteiger partial charge in [0, 0.05) is 0 Å². The van der Waals surface area contributed by atoms with Gasteiger partial charge in [0.05, 0.1) is 6.10 Å². The van der Waals surface area contributed by atoms with Crippen molar-refractivity contribution in [1.29, 1.82) is 0 Å². The Morgan fingerprint density at radius 2 is 1.89 bits per heavy atom. The van der Waals surface area contributed by atoms with E-state index in [0.29, 0.717) is 13.2 Å². The molecule has 0 aromatic heterocycles. The predicted molar refractivity (Wildman–Crippen MR) is 71.2 cm³/mol. The fourth-order valence-corrected chi connectivity index (χ4v) is 2.20. The lowest BCUT2D eigenvalue weighted by Gasteiger charge is -2.20. The van der Waals surface area contributed by atoms with Crippen LogP contribution in [0.5, 0.6) is 11.5 Å². The van der Waals surface area contributed by atoms with Crippen molar-refractivity contribution in [2.24, 2.45) is 0 Å². The van der Waals surface area contributed by atoms with Crippen LogP contribution in [0.2, 0.25) is 0 Å². The van der Waals surface area contributed by atoms with E-state index in [1.54, 1.807) is 0 Å². The molecule has 1 atom stereocenters. The van der Waals surface area contributed by atoms with E-state index in [-0.39, 0.29) is 0 Å². The van der Waals surface area contributed by atoms with E-state index in [0.717, 1.165) is 29.9 Å². The molecule has 3 nitrogen and oxygen atoms in total. The lowest BCUT2D eigenvalue weighted by Crippen LogP contribution is -2.15. The van der Waals surface area contributed by atoms with Gasteiger partial charge in [-0.25, -0.2) is 0 Å². The molecule has 1 heterocycles. The number of hydrogen-bond acceptors (Lipinski definition) is 3. The van der Waals surface area contributed by atoms with Crippen LogP contribution in [-0.2, 0) is 0 Å². The molecule has 0 saturated heterocycles. The summed E-state index contributed by atoms with van der Waals surface area (Å²) in [7, 11) is 0. The first-order chi connectivity index (χ1) is 8.81. The molecule has 3 heteroatoms. The molecular formula is C15H22O3.